The van der Waals surface area contributed by atoms with Crippen molar-refractivity contribution in [2.24, 2.45) is 0 Å². The van der Waals surface area contributed by atoms with E-state index < -0.39 is 11.8 Å². The minimum absolute atomic E-state index is 0.133. The van der Waals surface area contributed by atoms with Gasteiger partial charge in [0.1, 0.15) is 0 Å². The summed E-state index contributed by atoms with van der Waals surface area (Å²) < 4.78 is 0. The van der Waals surface area contributed by atoms with E-state index in [2.05, 4.69) is 15.6 Å². The van der Waals surface area contributed by atoms with Gasteiger partial charge in [-0.15, -0.1) is 0 Å². The van der Waals surface area contributed by atoms with Gasteiger partial charge in [-0.2, -0.15) is 0 Å². The first-order chi connectivity index (χ1) is 10.5. The van der Waals surface area contributed by atoms with Crippen LogP contribution in [0.3, 0.4) is 0 Å². The third-order valence-electron chi connectivity index (χ3n) is 3.19. The Morgan fingerprint density at radius 3 is 2.55 bits per heavy atom. The molecule has 0 aliphatic rings. The second-order valence-corrected chi connectivity index (χ2v) is 5.07. The first-order valence-corrected chi connectivity index (χ1v) is 7.22. The van der Waals surface area contributed by atoms with E-state index in [4.69, 9.17) is 11.6 Å². The molecule has 0 saturated carbocycles. The first-order valence-electron chi connectivity index (χ1n) is 6.84. The number of carbonyl (C=O) groups excluding carboxylic acids is 2. The minimum atomic E-state index is -0.791. The molecule has 1 aromatic carbocycles. The van der Waals surface area contributed by atoms with E-state index >= 15 is 0 Å². The molecular weight excluding hydrogens is 302 g/mol. The number of para-hydroxylation sites is 1. The topological polar surface area (TPSA) is 71.1 Å². The highest BCUT2D eigenvalue weighted by Gasteiger charge is 2.17. The van der Waals surface area contributed by atoms with E-state index in [9.17, 15) is 9.59 Å². The Morgan fingerprint density at radius 1 is 1.14 bits per heavy atom. The van der Waals surface area contributed by atoms with Crippen molar-refractivity contribution in [3.05, 3.63) is 52.8 Å². The summed E-state index contributed by atoms with van der Waals surface area (Å²) in [6.45, 7) is 3.87. The predicted molar refractivity (Wildman–Crippen MR) is 87.1 cm³/mol. The van der Waals surface area contributed by atoms with Crippen molar-refractivity contribution in [1.82, 2.24) is 4.98 Å². The molecule has 0 saturated heterocycles. The average molecular weight is 318 g/mol. The lowest BCUT2D eigenvalue weighted by Gasteiger charge is -2.13. The number of halogens is 1. The molecule has 0 fully saturated rings. The van der Waals surface area contributed by atoms with Crippen LogP contribution in [0.2, 0.25) is 5.15 Å². The lowest BCUT2D eigenvalue weighted by atomic mass is 10.1. The monoisotopic (exact) mass is 317 g/mol. The highest BCUT2D eigenvalue weighted by molar-refractivity contribution is 6.44. The van der Waals surface area contributed by atoms with Gasteiger partial charge in [0.05, 0.1) is 5.69 Å². The SMILES string of the molecule is CCc1cccc(C)c1NC(=O)C(=O)Nc1cccnc1Cl. The minimum Gasteiger partial charge on any atom is -0.317 e. The van der Waals surface area contributed by atoms with Crippen LogP contribution in [-0.4, -0.2) is 16.8 Å². The zero-order valence-corrected chi connectivity index (χ0v) is 13.1. The summed E-state index contributed by atoms with van der Waals surface area (Å²) in [5.74, 6) is -1.54. The Bertz CT molecular complexity index is 716. The van der Waals surface area contributed by atoms with Gasteiger partial charge in [-0.1, -0.05) is 36.7 Å². The largest absolute Gasteiger partial charge is 0.317 e. The Labute approximate surface area is 133 Å². The lowest BCUT2D eigenvalue weighted by molar-refractivity contribution is -0.133. The number of hydrogen-bond acceptors (Lipinski definition) is 3. The molecule has 0 aliphatic carbocycles. The quantitative estimate of drug-likeness (QED) is 0.674. The van der Waals surface area contributed by atoms with Crippen molar-refractivity contribution in [2.45, 2.75) is 20.3 Å². The summed E-state index contributed by atoms with van der Waals surface area (Å²) >= 11 is 5.85. The van der Waals surface area contributed by atoms with Crippen LogP contribution < -0.4 is 10.6 Å². The Kier molecular flexibility index (Phi) is 5.12. The van der Waals surface area contributed by atoms with Crippen LogP contribution in [-0.2, 0) is 16.0 Å². The van der Waals surface area contributed by atoms with Crippen LogP contribution >= 0.6 is 11.6 Å². The Balaban J connectivity index is 2.13. The number of anilines is 2. The molecule has 0 aliphatic heterocycles. The van der Waals surface area contributed by atoms with Crippen molar-refractivity contribution >= 4 is 34.8 Å². The molecule has 0 unspecified atom stereocenters. The number of pyridine rings is 1. The van der Waals surface area contributed by atoms with E-state index in [0.717, 1.165) is 17.5 Å². The van der Waals surface area contributed by atoms with E-state index in [1.165, 1.54) is 6.20 Å². The van der Waals surface area contributed by atoms with Crippen LogP contribution in [0.5, 0.6) is 0 Å². The number of nitrogens with zero attached hydrogens (tertiary/aromatic N) is 1. The number of amides is 2. The second kappa shape index (κ2) is 7.04. The molecule has 0 atom stereocenters. The molecule has 0 bridgehead atoms. The second-order valence-electron chi connectivity index (χ2n) is 4.71. The average Bonchev–Trinajstić information content (AvgIpc) is 2.51. The summed E-state index contributed by atoms with van der Waals surface area (Å²) in [4.78, 5) is 27.9. The maximum Gasteiger partial charge on any atom is 0.314 e. The van der Waals surface area contributed by atoms with E-state index in [0.29, 0.717) is 11.4 Å². The van der Waals surface area contributed by atoms with Gasteiger partial charge in [0.2, 0.25) is 0 Å². The highest BCUT2D eigenvalue weighted by atomic mass is 35.5. The summed E-state index contributed by atoms with van der Waals surface area (Å²) in [5.41, 5.74) is 2.84. The van der Waals surface area contributed by atoms with Crippen LogP contribution in [0.1, 0.15) is 18.1 Å². The van der Waals surface area contributed by atoms with E-state index in [1.54, 1.807) is 12.1 Å². The van der Waals surface area contributed by atoms with Gasteiger partial charge >= 0.3 is 11.8 Å². The molecule has 2 aromatic rings. The molecule has 0 radical (unpaired) electrons. The molecule has 2 amide bonds. The smallest absolute Gasteiger partial charge is 0.314 e. The van der Waals surface area contributed by atoms with Crippen molar-refractivity contribution in [3.8, 4) is 0 Å². The third kappa shape index (κ3) is 3.62. The molecule has 2 rings (SSSR count). The normalized spacial score (nSPS) is 10.1. The predicted octanol–water partition coefficient (Wildman–Crippen LogP) is 3.18. The number of aromatic nitrogens is 1. The molecule has 6 heteroatoms. The fourth-order valence-corrected chi connectivity index (χ4v) is 2.20. The zero-order valence-electron chi connectivity index (χ0n) is 12.3. The van der Waals surface area contributed by atoms with Crippen molar-refractivity contribution in [2.75, 3.05) is 10.6 Å². The number of carbonyl (C=O) groups is 2. The van der Waals surface area contributed by atoms with Crippen molar-refractivity contribution in [3.63, 3.8) is 0 Å². The summed E-state index contributed by atoms with van der Waals surface area (Å²) in [7, 11) is 0. The maximum atomic E-state index is 12.1. The Morgan fingerprint density at radius 2 is 1.86 bits per heavy atom. The lowest BCUT2D eigenvalue weighted by Crippen LogP contribution is -2.30. The van der Waals surface area contributed by atoms with Gasteiger partial charge in [-0.3, -0.25) is 9.59 Å². The van der Waals surface area contributed by atoms with Gasteiger partial charge in [-0.05, 0) is 36.6 Å². The first kappa shape index (κ1) is 16.0. The highest BCUT2D eigenvalue weighted by Crippen LogP contribution is 2.21. The molecule has 2 N–H and O–H groups in total. The maximum absolute atomic E-state index is 12.1. The van der Waals surface area contributed by atoms with Crippen LogP contribution in [0.4, 0.5) is 11.4 Å². The molecule has 114 valence electrons. The summed E-state index contributed by atoms with van der Waals surface area (Å²) in [5, 5.41) is 5.23. The standard InChI is InChI=1S/C16H16ClN3O2/c1-3-11-7-4-6-10(2)13(11)20-16(22)15(21)19-12-8-5-9-18-14(12)17/h4-9H,3H2,1-2H3,(H,19,21)(H,20,22). The van der Waals surface area contributed by atoms with Crippen LogP contribution in [0, 0.1) is 6.92 Å². The van der Waals surface area contributed by atoms with Gasteiger partial charge in [0.15, 0.2) is 5.15 Å². The van der Waals surface area contributed by atoms with E-state index in [-0.39, 0.29) is 5.15 Å². The van der Waals surface area contributed by atoms with Gasteiger partial charge in [0.25, 0.3) is 0 Å². The van der Waals surface area contributed by atoms with Crippen molar-refractivity contribution in [1.29, 1.82) is 0 Å². The summed E-state index contributed by atoms with van der Waals surface area (Å²) in [6, 6.07) is 8.91. The van der Waals surface area contributed by atoms with Crippen LogP contribution in [0.15, 0.2) is 36.5 Å². The van der Waals surface area contributed by atoms with Crippen molar-refractivity contribution < 1.29 is 9.59 Å². The molecule has 1 aromatic heterocycles. The zero-order chi connectivity index (χ0) is 16.1. The van der Waals surface area contributed by atoms with Gasteiger partial charge in [-0.25, -0.2) is 4.98 Å². The summed E-state index contributed by atoms with van der Waals surface area (Å²) in [6.07, 6.45) is 2.26. The fourth-order valence-electron chi connectivity index (χ4n) is 2.03. The fraction of sp³-hybridized carbons (Fsp3) is 0.188. The molecular formula is C16H16ClN3O2. The molecule has 0 spiro atoms. The van der Waals surface area contributed by atoms with Gasteiger partial charge < -0.3 is 10.6 Å². The van der Waals surface area contributed by atoms with E-state index in [1.807, 2.05) is 32.0 Å². The molecule has 1 heterocycles. The molecule has 22 heavy (non-hydrogen) atoms. The number of rotatable bonds is 3. The van der Waals surface area contributed by atoms with Gasteiger partial charge in [0, 0.05) is 11.9 Å². The number of aryl methyl sites for hydroxylation is 2. The number of benzene rings is 1. The van der Waals surface area contributed by atoms with Crippen LogP contribution in [0.25, 0.3) is 0 Å². The Hall–Kier alpha value is -2.40. The number of nitrogens with one attached hydrogen (secondary N) is 2. The third-order valence-corrected chi connectivity index (χ3v) is 3.49. The number of hydrogen-bond donors (Lipinski definition) is 2. The molecule has 5 nitrogen and oxygen atoms in total.